The highest BCUT2D eigenvalue weighted by Crippen LogP contribution is 2.45. The Morgan fingerprint density at radius 2 is 2.11 bits per heavy atom. The number of benzene rings is 1. The topological polar surface area (TPSA) is 97.8 Å². The van der Waals surface area contributed by atoms with Gasteiger partial charge in [0.25, 0.3) is 0 Å². The van der Waals surface area contributed by atoms with E-state index < -0.39 is 17.2 Å². The molecule has 1 aliphatic carbocycles. The molecule has 2 aromatic rings. The molecule has 8 heteroatoms. The van der Waals surface area contributed by atoms with Crippen LogP contribution in [-0.2, 0) is 0 Å². The van der Waals surface area contributed by atoms with Crippen LogP contribution < -0.4 is 20.8 Å². The number of carboxylic acid groups (broad SMARTS) is 1. The van der Waals surface area contributed by atoms with Crippen molar-refractivity contribution in [3.05, 3.63) is 33.4 Å². The molecule has 0 spiro atoms. The number of aryl methyl sites for hydroxylation is 1. The molecule has 0 amide bonds. The molecule has 1 saturated heterocycles. The monoisotopic (exact) mass is 389 g/mol. The molecule has 3 N–H and O–H groups in total. The van der Waals surface area contributed by atoms with E-state index in [1.165, 1.54) is 13.1 Å². The highest BCUT2D eigenvalue weighted by Gasteiger charge is 2.34. The third-order valence-corrected chi connectivity index (χ3v) is 5.58. The maximum atomic E-state index is 15.5. The smallest absolute Gasteiger partial charge is 0.341 e. The van der Waals surface area contributed by atoms with Gasteiger partial charge in [-0.05, 0) is 33.1 Å². The average Bonchev–Trinajstić information content (AvgIpc) is 3.40. The first-order valence-corrected chi connectivity index (χ1v) is 9.62. The van der Waals surface area contributed by atoms with Gasteiger partial charge in [0.05, 0.1) is 17.5 Å². The maximum absolute atomic E-state index is 15.5. The number of halogens is 1. The summed E-state index contributed by atoms with van der Waals surface area (Å²) in [5.41, 5.74) is 5.95. The Morgan fingerprint density at radius 1 is 1.39 bits per heavy atom. The summed E-state index contributed by atoms with van der Waals surface area (Å²) < 4.78 is 23.2. The second-order valence-electron chi connectivity index (χ2n) is 7.58. The molecule has 0 radical (unpaired) electrons. The van der Waals surface area contributed by atoms with Gasteiger partial charge in [-0.2, -0.15) is 0 Å². The first-order chi connectivity index (χ1) is 13.3. The molecule has 0 unspecified atom stereocenters. The van der Waals surface area contributed by atoms with E-state index in [2.05, 4.69) is 0 Å². The number of nitrogens with two attached hydrogens (primary N) is 1. The number of hydrogen-bond acceptors (Lipinski definition) is 5. The molecule has 2 heterocycles. The zero-order valence-electron chi connectivity index (χ0n) is 16.0. The van der Waals surface area contributed by atoms with Gasteiger partial charge in [0.1, 0.15) is 11.3 Å². The number of carboxylic acids is 1. The Morgan fingerprint density at radius 3 is 2.64 bits per heavy atom. The molecule has 7 nitrogen and oxygen atoms in total. The Bertz CT molecular complexity index is 1030. The quantitative estimate of drug-likeness (QED) is 0.815. The number of anilines is 1. The second kappa shape index (κ2) is 6.77. The molecular formula is C20H24FN3O4. The second-order valence-corrected chi connectivity index (χ2v) is 7.58. The number of ether oxygens (including phenoxy) is 1. The van der Waals surface area contributed by atoms with Crippen LogP contribution in [0.3, 0.4) is 0 Å². The third-order valence-electron chi connectivity index (χ3n) is 5.58. The van der Waals surface area contributed by atoms with Crippen molar-refractivity contribution in [1.29, 1.82) is 0 Å². The van der Waals surface area contributed by atoms with Crippen LogP contribution in [0, 0.1) is 12.7 Å². The van der Waals surface area contributed by atoms with Gasteiger partial charge < -0.3 is 25.0 Å². The normalized spacial score (nSPS) is 19.4. The van der Waals surface area contributed by atoms with Crippen LogP contribution in [0.15, 0.2) is 11.0 Å². The number of aromatic carboxylic acids is 1. The molecule has 0 bridgehead atoms. The zero-order chi connectivity index (χ0) is 20.2. The minimum atomic E-state index is -1.31. The summed E-state index contributed by atoms with van der Waals surface area (Å²) in [4.78, 5) is 26.4. The van der Waals surface area contributed by atoms with Crippen molar-refractivity contribution in [1.82, 2.24) is 4.57 Å². The van der Waals surface area contributed by atoms with E-state index in [4.69, 9.17) is 10.5 Å². The van der Waals surface area contributed by atoms with Gasteiger partial charge in [-0.1, -0.05) is 0 Å². The lowest BCUT2D eigenvalue weighted by Gasteiger charge is -2.26. The molecular weight excluding hydrogens is 365 g/mol. The summed E-state index contributed by atoms with van der Waals surface area (Å²) in [6.07, 6.45) is 3.88. The lowest BCUT2D eigenvalue weighted by Crippen LogP contribution is -2.28. The Labute approximate surface area is 161 Å². The van der Waals surface area contributed by atoms with E-state index in [9.17, 15) is 14.7 Å². The number of rotatable bonds is 5. The molecule has 2 fully saturated rings. The summed E-state index contributed by atoms with van der Waals surface area (Å²) in [5, 5.41) is 9.56. The number of fused-ring (bicyclic) bond motifs is 1. The van der Waals surface area contributed by atoms with Gasteiger partial charge in [-0.25, -0.2) is 9.18 Å². The van der Waals surface area contributed by atoms with Crippen molar-refractivity contribution >= 4 is 22.6 Å². The molecule has 1 saturated carbocycles. The molecule has 1 aromatic carbocycles. The van der Waals surface area contributed by atoms with Gasteiger partial charge >= 0.3 is 5.97 Å². The fraction of sp³-hybridized carbons (Fsp3) is 0.500. The molecule has 28 heavy (non-hydrogen) atoms. The molecule has 4 rings (SSSR count). The van der Waals surface area contributed by atoms with Gasteiger partial charge in [0.15, 0.2) is 11.6 Å². The summed E-state index contributed by atoms with van der Waals surface area (Å²) >= 11 is 0. The molecule has 2 aliphatic rings. The zero-order valence-corrected chi connectivity index (χ0v) is 16.0. The maximum Gasteiger partial charge on any atom is 0.341 e. The van der Waals surface area contributed by atoms with Crippen molar-refractivity contribution < 1.29 is 19.0 Å². The minimum Gasteiger partial charge on any atom is -0.489 e. The van der Waals surface area contributed by atoms with Gasteiger partial charge in [0.2, 0.25) is 5.43 Å². The van der Waals surface area contributed by atoms with E-state index in [1.54, 1.807) is 11.5 Å². The summed E-state index contributed by atoms with van der Waals surface area (Å²) in [5.74, 6) is -1.56. The Balaban J connectivity index is 2.13. The van der Waals surface area contributed by atoms with Crippen LogP contribution in [0.1, 0.15) is 48.1 Å². The standard InChI is InChI=1S/C20H24FN3O4/c1-3-28-19-16-14(10(2)15(21)17(19)23-7-6-11(22)8-23)18(25)13(20(26)27)9-24(16)12-4-5-12/h9,11-12H,3-8,22H2,1-2H3,(H,26,27)/t11-/m0/s1. The summed E-state index contributed by atoms with van der Waals surface area (Å²) in [6, 6.07) is 0.0313. The number of nitrogens with zero attached hydrogens (tertiary/aromatic N) is 2. The van der Waals surface area contributed by atoms with Crippen LogP contribution in [-0.4, -0.2) is 41.4 Å². The van der Waals surface area contributed by atoms with Crippen molar-refractivity contribution in [2.45, 2.75) is 45.2 Å². The van der Waals surface area contributed by atoms with Gasteiger partial charge in [-0.3, -0.25) is 4.79 Å². The number of pyridine rings is 1. The predicted octanol–water partition coefficient (Wildman–Crippen LogP) is 2.42. The number of carbonyl (C=O) groups is 1. The minimum absolute atomic E-state index is 0.0510. The van der Waals surface area contributed by atoms with Crippen molar-refractivity contribution in [2.75, 3.05) is 24.6 Å². The predicted molar refractivity (Wildman–Crippen MR) is 104 cm³/mol. The summed E-state index contributed by atoms with van der Waals surface area (Å²) in [6.45, 7) is 4.72. The van der Waals surface area contributed by atoms with E-state index in [0.29, 0.717) is 36.6 Å². The average molecular weight is 389 g/mol. The number of hydrogen-bond donors (Lipinski definition) is 2. The van der Waals surface area contributed by atoms with E-state index in [-0.39, 0.29) is 28.6 Å². The lowest BCUT2D eigenvalue weighted by atomic mass is 10.0. The molecule has 1 atom stereocenters. The van der Waals surface area contributed by atoms with Crippen molar-refractivity contribution in [2.24, 2.45) is 5.73 Å². The van der Waals surface area contributed by atoms with Crippen LogP contribution >= 0.6 is 0 Å². The van der Waals surface area contributed by atoms with E-state index >= 15 is 4.39 Å². The molecule has 1 aromatic heterocycles. The highest BCUT2D eigenvalue weighted by molar-refractivity contribution is 5.99. The van der Waals surface area contributed by atoms with Crippen LogP contribution in [0.2, 0.25) is 0 Å². The Kier molecular flexibility index (Phi) is 4.53. The first kappa shape index (κ1) is 18.7. The van der Waals surface area contributed by atoms with Gasteiger partial charge in [0, 0.05) is 36.9 Å². The van der Waals surface area contributed by atoms with Crippen molar-refractivity contribution in [3.63, 3.8) is 0 Å². The fourth-order valence-corrected chi connectivity index (χ4v) is 4.06. The van der Waals surface area contributed by atoms with E-state index in [0.717, 1.165) is 19.3 Å². The van der Waals surface area contributed by atoms with Crippen LogP contribution in [0.25, 0.3) is 10.9 Å². The van der Waals surface area contributed by atoms with Crippen LogP contribution in [0.5, 0.6) is 5.75 Å². The lowest BCUT2D eigenvalue weighted by molar-refractivity contribution is 0.0695. The first-order valence-electron chi connectivity index (χ1n) is 9.62. The van der Waals surface area contributed by atoms with Crippen LogP contribution in [0.4, 0.5) is 10.1 Å². The summed E-state index contributed by atoms with van der Waals surface area (Å²) in [7, 11) is 0. The molecule has 150 valence electrons. The molecule has 1 aliphatic heterocycles. The van der Waals surface area contributed by atoms with E-state index in [1.807, 2.05) is 4.90 Å². The largest absolute Gasteiger partial charge is 0.489 e. The number of aromatic nitrogens is 1. The SMILES string of the molecule is CCOc1c(N2CC[C@H](N)C2)c(F)c(C)c2c(=O)c(C(=O)O)cn(C3CC3)c12. The highest BCUT2D eigenvalue weighted by atomic mass is 19.1. The fourth-order valence-electron chi connectivity index (χ4n) is 4.06. The van der Waals surface area contributed by atoms with Gasteiger partial charge in [-0.15, -0.1) is 0 Å². The third kappa shape index (κ3) is 2.83. The Hall–Kier alpha value is -2.61. The van der Waals surface area contributed by atoms with Crippen molar-refractivity contribution in [3.8, 4) is 5.75 Å².